The maximum Gasteiger partial charge on any atom is 0.254 e. The van der Waals surface area contributed by atoms with Gasteiger partial charge in [0.25, 0.3) is 5.91 Å². The van der Waals surface area contributed by atoms with Crippen LogP contribution in [0.1, 0.15) is 48.0 Å². The molecule has 1 saturated heterocycles. The molecule has 0 bridgehead atoms. The van der Waals surface area contributed by atoms with E-state index in [1.54, 1.807) is 41.4 Å². The van der Waals surface area contributed by atoms with E-state index in [0.29, 0.717) is 28.7 Å². The Bertz CT molecular complexity index is 884. The lowest BCUT2D eigenvalue weighted by atomic mass is 9.84. The number of carbonyl (C=O) groups excluding carboxylic acids is 2. The number of aromatic nitrogens is 1. The van der Waals surface area contributed by atoms with Gasteiger partial charge in [-0.3, -0.25) is 9.59 Å². The van der Waals surface area contributed by atoms with E-state index in [-0.39, 0.29) is 17.9 Å². The first kappa shape index (κ1) is 18.9. The molecule has 28 heavy (non-hydrogen) atoms. The molecule has 1 saturated carbocycles. The number of hydrogen-bond acceptors (Lipinski definition) is 3. The highest BCUT2D eigenvalue weighted by atomic mass is 35.5. The Balaban J connectivity index is 1.60. The summed E-state index contributed by atoms with van der Waals surface area (Å²) in [5, 5.41) is 3.42. The Hall–Kier alpha value is -2.40. The summed E-state index contributed by atoms with van der Waals surface area (Å²) in [5.74, 6) is 0.606. The van der Waals surface area contributed by atoms with E-state index in [1.807, 2.05) is 13.0 Å². The van der Waals surface area contributed by atoms with Gasteiger partial charge in [-0.15, -0.1) is 0 Å². The molecule has 1 aliphatic carbocycles. The van der Waals surface area contributed by atoms with E-state index in [0.717, 1.165) is 31.2 Å². The maximum atomic E-state index is 13.3. The molecular formula is C22H24ClN3O2. The molecule has 2 amide bonds. The van der Waals surface area contributed by atoms with Crippen LogP contribution in [0.15, 0.2) is 42.6 Å². The monoisotopic (exact) mass is 397 g/mol. The molecule has 1 aromatic heterocycles. The fourth-order valence-corrected chi connectivity index (χ4v) is 4.70. The predicted molar refractivity (Wildman–Crippen MR) is 109 cm³/mol. The Morgan fingerprint density at radius 3 is 2.75 bits per heavy atom. The minimum Gasteiger partial charge on any atom is -0.323 e. The van der Waals surface area contributed by atoms with Crippen molar-refractivity contribution in [3.63, 3.8) is 0 Å². The van der Waals surface area contributed by atoms with Crippen LogP contribution in [0.4, 0.5) is 5.82 Å². The van der Waals surface area contributed by atoms with Gasteiger partial charge in [-0.2, -0.15) is 0 Å². The Morgan fingerprint density at radius 1 is 1.18 bits per heavy atom. The number of pyridine rings is 1. The number of amides is 2. The van der Waals surface area contributed by atoms with Crippen molar-refractivity contribution in [2.75, 3.05) is 5.32 Å². The molecule has 1 aliphatic heterocycles. The summed E-state index contributed by atoms with van der Waals surface area (Å²) >= 11 is 6.09. The van der Waals surface area contributed by atoms with Crippen LogP contribution in [-0.2, 0) is 4.79 Å². The van der Waals surface area contributed by atoms with Gasteiger partial charge in [-0.1, -0.05) is 36.6 Å². The average molecular weight is 398 g/mol. The molecule has 3 atom stereocenters. The van der Waals surface area contributed by atoms with E-state index in [1.165, 1.54) is 0 Å². The highest BCUT2D eigenvalue weighted by Crippen LogP contribution is 2.41. The molecular weight excluding hydrogens is 374 g/mol. The first-order valence-corrected chi connectivity index (χ1v) is 10.2. The number of carbonyl (C=O) groups is 2. The average Bonchev–Trinajstić information content (AvgIpc) is 3.09. The highest BCUT2D eigenvalue weighted by Gasteiger charge is 2.47. The molecule has 2 aliphatic rings. The van der Waals surface area contributed by atoms with Crippen LogP contribution in [0.2, 0.25) is 5.02 Å². The second-order valence-electron chi connectivity index (χ2n) is 7.80. The molecule has 2 fully saturated rings. The zero-order valence-electron chi connectivity index (χ0n) is 15.9. The normalized spacial score (nSPS) is 23.9. The summed E-state index contributed by atoms with van der Waals surface area (Å²) in [6.07, 6.45) is 6.69. The number of fused-ring (bicyclic) bond motifs is 1. The van der Waals surface area contributed by atoms with Crippen LogP contribution in [-0.4, -0.2) is 33.8 Å². The number of hydrogen-bond donors (Lipinski definition) is 1. The molecule has 1 N–H and O–H groups in total. The van der Waals surface area contributed by atoms with Gasteiger partial charge in [0.05, 0.1) is 0 Å². The number of aryl methyl sites for hydroxylation is 1. The second-order valence-corrected chi connectivity index (χ2v) is 8.23. The van der Waals surface area contributed by atoms with Gasteiger partial charge in [0.2, 0.25) is 5.91 Å². The largest absolute Gasteiger partial charge is 0.323 e. The molecule has 6 heteroatoms. The predicted octanol–water partition coefficient (Wildman–Crippen LogP) is 4.46. The first-order valence-electron chi connectivity index (χ1n) is 9.84. The molecule has 0 spiro atoms. The van der Waals surface area contributed by atoms with E-state index >= 15 is 0 Å². The van der Waals surface area contributed by atoms with Crippen LogP contribution in [0.5, 0.6) is 0 Å². The van der Waals surface area contributed by atoms with Crippen LogP contribution >= 0.6 is 11.6 Å². The number of anilines is 1. The van der Waals surface area contributed by atoms with Gasteiger partial charge < -0.3 is 10.2 Å². The topological polar surface area (TPSA) is 62.3 Å². The fraction of sp³-hybridized carbons (Fsp3) is 0.409. The molecule has 1 aromatic carbocycles. The van der Waals surface area contributed by atoms with Crippen molar-refractivity contribution in [2.45, 2.75) is 51.1 Å². The molecule has 3 unspecified atom stereocenters. The number of likely N-dealkylation sites (tertiary alicyclic amines) is 1. The van der Waals surface area contributed by atoms with Gasteiger partial charge in [0.15, 0.2) is 0 Å². The van der Waals surface area contributed by atoms with Crippen molar-refractivity contribution in [1.29, 1.82) is 0 Å². The molecule has 2 heterocycles. The third-order valence-electron chi connectivity index (χ3n) is 5.86. The summed E-state index contributed by atoms with van der Waals surface area (Å²) in [7, 11) is 0. The van der Waals surface area contributed by atoms with Crippen molar-refractivity contribution < 1.29 is 9.59 Å². The molecule has 5 nitrogen and oxygen atoms in total. The van der Waals surface area contributed by atoms with Crippen molar-refractivity contribution in [3.8, 4) is 0 Å². The van der Waals surface area contributed by atoms with Gasteiger partial charge >= 0.3 is 0 Å². The van der Waals surface area contributed by atoms with Crippen molar-refractivity contribution in [3.05, 3.63) is 58.7 Å². The molecule has 4 rings (SSSR count). The zero-order valence-corrected chi connectivity index (χ0v) is 16.7. The summed E-state index contributed by atoms with van der Waals surface area (Å²) in [4.78, 5) is 32.5. The number of nitrogens with zero attached hydrogens (tertiary/aromatic N) is 2. The van der Waals surface area contributed by atoms with Crippen LogP contribution in [0, 0.1) is 12.8 Å². The number of nitrogens with one attached hydrogen (secondary N) is 1. The van der Waals surface area contributed by atoms with E-state index in [4.69, 9.17) is 11.6 Å². The number of rotatable bonds is 3. The van der Waals surface area contributed by atoms with Crippen LogP contribution < -0.4 is 5.32 Å². The van der Waals surface area contributed by atoms with Gasteiger partial charge in [0.1, 0.15) is 11.9 Å². The smallest absolute Gasteiger partial charge is 0.254 e. The van der Waals surface area contributed by atoms with E-state index in [9.17, 15) is 9.59 Å². The minimum absolute atomic E-state index is 0.113. The molecule has 2 aromatic rings. The number of benzene rings is 1. The summed E-state index contributed by atoms with van der Waals surface area (Å²) in [6.45, 7) is 1.95. The van der Waals surface area contributed by atoms with Crippen LogP contribution in [0.25, 0.3) is 0 Å². The lowest BCUT2D eigenvalue weighted by Gasteiger charge is -2.33. The number of halogens is 1. The van der Waals surface area contributed by atoms with Crippen molar-refractivity contribution in [1.82, 2.24) is 9.88 Å². The molecule has 0 radical (unpaired) electrons. The zero-order chi connectivity index (χ0) is 19.7. The summed E-state index contributed by atoms with van der Waals surface area (Å²) in [5.41, 5.74) is 1.56. The Morgan fingerprint density at radius 2 is 2.00 bits per heavy atom. The minimum atomic E-state index is -0.484. The third kappa shape index (κ3) is 3.76. The van der Waals surface area contributed by atoms with Gasteiger partial charge in [-0.05, 0) is 61.9 Å². The first-order chi connectivity index (χ1) is 13.5. The lowest BCUT2D eigenvalue weighted by molar-refractivity contribution is -0.120. The van der Waals surface area contributed by atoms with Crippen molar-refractivity contribution >= 4 is 29.2 Å². The van der Waals surface area contributed by atoms with E-state index in [2.05, 4.69) is 10.3 Å². The summed E-state index contributed by atoms with van der Waals surface area (Å²) in [6, 6.07) is 10.3. The molecule has 146 valence electrons. The summed E-state index contributed by atoms with van der Waals surface area (Å²) < 4.78 is 0. The Kier molecular flexibility index (Phi) is 5.36. The van der Waals surface area contributed by atoms with E-state index < -0.39 is 6.04 Å². The highest BCUT2D eigenvalue weighted by molar-refractivity contribution is 6.31. The van der Waals surface area contributed by atoms with Gasteiger partial charge in [-0.25, -0.2) is 4.98 Å². The van der Waals surface area contributed by atoms with Crippen LogP contribution in [0.3, 0.4) is 0 Å². The SMILES string of the molecule is Cc1ccc(NC(=O)C2CC3CCCCC3N2C(=O)c2cccc(Cl)c2)nc1. The Labute approximate surface area is 170 Å². The quantitative estimate of drug-likeness (QED) is 0.831. The maximum absolute atomic E-state index is 13.3. The van der Waals surface area contributed by atoms with Crippen molar-refractivity contribution in [2.24, 2.45) is 5.92 Å². The fourth-order valence-electron chi connectivity index (χ4n) is 4.51. The standard InChI is InChI=1S/C22H24ClN3O2/c1-14-9-10-20(24-13-14)25-21(27)19-12-15-5-2-3-8-18(15)26(19)22(28)16-6-4-7-17(23)11-16/h4,6-7,9-11,13,15,18-19H,2-3,5,8,12H2,1H3,(H,24,25,27). The third-order valence-corrected chi connectivity index (χ3v) is 6.09. The lowest BCUT2D eigenvalue weighted by Crippen LogP contribution is -2.47. The second kappa shape index (κ2) is 7.92. The van der Waals surface area contributed by atoms with Gasteiger partial charge in [0, 0.05) is 22.8 Å².